The van der Waals surface area contributed by atoms with E-state index in [0.717, 1.165) is 0 Å². The van der Waals surface area contributed by atoms with Gasteiger partial charge in [0.05, 0.1) is 15.5 Å². The monoisotopic (exact) mass is 375 g/mol. The third kappa shape index (κ3) is 4.87. The molecule has 0 spiro atoms. The average molecular weight is 375 g/mol. The molecule has 0 saturated heterocycles. The summed E-state index contributed by atoms with van der Waals surface area (Å²) in [5, 5.41) is 27.9. The Morgan fingerprint density at radius 1 is 1.08 bits per heavy atom. The van der Waals surface area contributed by atoms with Gasteiger partial charge in [0, 0.05) is 11.8 Å². The van der Waals surface area contributed by atoms with Gasteiger partial charge in [-0.25, -0.2) is 8.42 Å². The number of hydrogen-bond acceptors (Lipinski definition) is 10. The number of nitro benzene ring substituents is 1. The number of hydrogen-bond donors (Lipinski definition) is 3. The van der Waals surface area contributed by atoms with Crippen molar-refractivity contribution in [3.05, 3.63) is 40.4 Å². The van der Waals surface area contributed by atoms with Crippen LogP contribution in [0, 0.1) is 10.1 Å². The van der Waals surface area contributed by atoms with Gasteiger partial charge in [0.1, 0.15) is 21.5 Å². The average Bonchev–Trinajstić information content (AvgIpc) is 2.46. The number of nitro groups is 1. The van der Waals surface area contributed by atoms with E-state index >= 15 is 0 Å². The third-order valence-electron chi connectivity index (χ3n) is 2.85. The van der Waals surface area contributed by atoms with Crippen molar-refractivity contribution >= 4 is 38.6 Å². The van der Waals surface area contributed by atoms with Crippen molar-refractivity contribution in [3.8, 4) is 5.75 Å². The van der Waals surface area contributed by atoms with Crippen molar-refractivity contribution in [2.24, 2.45) is 10.2 Å². The van der Waals surface area contributed by atoms with E-state index in [1.807, 2.05) is 0 Å². The van der Waals surface area contributed by atoms with Crippen LogP contribution in [-0.2, 0) is 10.1 Å². The van der Waals surface area contributed by atoms with Crippen LogP contribution in [0.15, 0.2) is 45.5 Å². The van der Waals surface area contributed by atoms with E-state index in [-0.39, 0.29) is 40.9 Å². The summed E-state index contributed by atoms with van der Waals surface area (Å²) < 4.78 is 33.2. The standard InChI is InChI=1S/C12H11N5O6S.Na/c13-6-1-2-9(8(14)3-6)15-16-10-4-7(24(21,22)23)5-11(12(10)18)17(19)20;/h1-5,18H,13-14H2,(H,21,22,23);/q;+1/p-1. The number of phenols is 1. The molecule has 0 bridgehead atoms. The smallest absolute Gasteiger partial charge is 0.744 e. The molecular formula is C12H10N5NaO6S. The number of nitrogen functional groups attached to an aromatic ring is 2. The topological polar surface area (TPSA) is 197 Å². The molecule has 0 unspecified atom stereocenters. The van der Waals surface area contributed by atoms with Crippen LogP contribution < -0.4 is 41.0 Å². The zero-order valence-corrected chi connectivity index (χ0v) is 15.6. The molecule has 13 heteroatoms. The van der Waals surface area contributed by atoms with Crippen molar-refractivity contribution in [1.29, 1.82) is 0 Å². The molecule has 0 aliphatic rings. The number of anilines is 2. The molecular weight excluding hydrogens is 365 g/mol. The molecule has 0 atom stereocenters. The van der Waals surface area contributed by atoms with Gasteiger partial charge in [-0.05, 0) is 24.3 Å². The largest absolute Gasteiger partial charge is 1.00 e. The van der Waals surface area contributed by atoms with Gasteiger partial charge in [-0.1, -0.05) is 0 Å². The number of azo groups is 1. The quantitative estimate of drug-likeness (QED) is 0.148. The molecule has 0 aliphatic carbocycles. The van der Waals surface area contributed by atoms with Gasteiger partial charge in [0.2, 0.25) is 5.75 Å². The fourth-order valence-corrected chi connectivity index (χ4v) is 2.22. The van der Waals surface area contributed by atoms with Gasteiger partial charge in [0.25, 0.3) is 0 Å². The number of rotatable bonds is 4. The Morgan fingerprint density at radius 2 is 1.68 bits per heavy atom. The Hall–Kier alpha value is -2.25. The van der Waals surface area contributed by atoms with Crippen LogP contribution in [0.2, 0.25) is 0 Å². The fourth-order valence-electron chi connectivity index (χ4n) is 1.71. The molecule has 25 heavy (non-hydrogen) atoms. The van der Waals surface area contributed by atoms with E-state index in [1.165, 1.54) is 18.2 Å². The number of aromatic hydroxyl groups is 1. The molecule has 11 nitrogen and oxygen atoms in total. The summed E-state index contributed by atoms with van der Waals surface area (Å²) in [5.41, 5.74) is 10.2. The number of phenolic OH excluding ortho intramolecular Hbond substituents is 1. The summed E-state index contributed by atoms with van der Waals surface area (Å²) in [7, 11) is -5.00. The Morgan fingerprint density at radius 3 is 2.20 bits per heavy atom. The zero-order chi connectivity index (χ0) is 18.1. The summed E-state index contributed by atoms with van der Waals surface area (Å²) in [6, 6.07) is 5.35. The summed E-state index contributed by atoms with van der Waals surface area (Å²) in [5.74, 6) is -0.940. The van der Waals surface area contributed by atoms with Crippen LogP contribution in [-0.4, -0.2) is 23.0 Å². The summed E-state index contributed by atoms with van der Waals surface area (Å²) in [4.78, 5) is 8.88. The first kappa shape index (κ1) is 20.8. The second-order valence-corrected chi connectivity index (χ2v) is 5.92. The molecule has 0 heterocycles. The summed E-state index contributed by atoms with van der Waals surface area (Å²) in [6.45, 7) is 0. The summed E-state index contributed by atoms with van der Waals surface area (Å²) >= 11 is 0. The molecule has 0 fully saturated rings. The zero-order valence-electron chi connectivity index (χ0n) is 12.8. The number of benzene rings is 2. The molecule has 2 rings (SSSR count). The molecule has 0 amide bonds. The van der Waals surface area contributed by atoms with E-state index in [1.54, 1.807) is 0 Å². The normalized spacial score (nSPS) is 11.2. The van der Waals surface area contributed by atoms with Gasteiger partial charge in [-0.2, -0.15) is 0 Å². The summed E-state index contributed by atoms with van der Waals surface area (Å²) in [6.07, 6.45) is 0. The molecule has 5 N–H and O–H groups in total. The van der Waals surface area contributed by atoms with Crippen LogP contribution in [0.25, 0.3) is 0 Å². The van der Waals surface area contributed by atoms with E-state index in [9.17, 15) is 28.2 Å². The first-order valence-electron chi connectivity index (χ1n) is 6.13. The van der Waals surface area contributed by atoms with Gasteiger partial charge < -0.3 is 21.1 Å². The first-order valence-corrected chi connectivity index (χ1v) is 7.54. The number of nitrogens with two attached hydrogens (primary N) is 2. The third-order valence-corrected chi connectivity index (χ3v) is 3.66. The molecule has 0 aliphatic heterocycles. The van der Waals surface area contributed by atoms with Crippen LogP contribution >= 0.6 is 0 Å². The molecule has 0 saturated carbocycles. The molecule has 126 valence electrons. The minimum Gasteiger partial charge on any atom is -0.744 e. The van der Waals surface area contributed by atoms with Crippen molar-refractivity contribution in [3.63, 3.8) is 0 Å². The second kappa shape index (κ2) is 7.76. The minimum absolute atomic E-state index is 0. The first-order chi connectivity index (χ1) is 11.1. The number of nitrogens with zero attached hydrogens (tertiary/aromatic N) is 3. The Kier molecular flexibility index (Phi) is 6.45. The molecule has 0 aromatic heterocycles. The van der Waals surface area contributed by atoms with Crippen molar-refractivity contribution in [1.82, 2.24) is 0 Å². The van der Waals surface area contributed by atoms with Crippen LogP contribution in [0.5, 0.6) is 5.75 Å². The van der Waals surface area contributed by atoms with E-state index < -0.39 is 37.1 Å². The van der Waals surface area contributed by atoms with Gasteiger partial charge in [0.15, 0.2) is 0 Å². The fraction of sp³-hybridized carbons (Fsp3) is 0. The maximum Gasteiger partial charge on any atom is 1.00 e. The maximum absolute atomic E-state index is 11.1. The van der Waals surface area contributed by atoms with Gasteiger partial charge >= 0.3 is 35.2 Å². The van der Waals surface area contributed by atoms with Gasteiger partial charge in [-0.3, -0.25) is 10.1 Å². The second-order valence-electron chi connectivity index (χ2n) is 4.54. The van der Waals surface area contributed by atoms with Crippen molar-refractivity contribution < 1.29 is 52.6 Å². The molecule has 2 aromatic carbocycles. The SMILES string of the molecule is Nc1ccc(N=Nc2cc(S(=O)(=O)[O-])cc([N+](=O)[O-])c2O)c(N)c1.[Na+]. The Balaban J connectivity index is 0.00000312. The van der Waals surface area contributed by atoms with Crippen molar-refractivity contribution in [2.75, 3.05) is 11.5 Å². The van der Waals surface area contributed by atoms with E-state index in [4.69, 9.17) is 11.5 Å². The molecule has 0 radical (unpaired) electrons. The Labute approximate surface area is 163 Å². The minimum atomic E-state index is -5.00. The van der Waals surface area contributed by atoms with Crippen LogP contribution in [0.3, 0.4) is 0 Å². The van der Waals surface area contributed by atoms with E-state index in [2.05, 4.69) is 10.2 Å². The maximum atomic E-state index is 11.1. The van der Waals surface area contributed by atoms with E-state index in [0.29, 0.717) is 17.8 Å². The van der Waals surface area contributed by atoms with Crippen molar-refractivity contribution in [2.45, 2.75) is 4.90 Å². The van der Waals surface area contributed by atoms with Crippen LogP contribution in [0.4, 0.5) is 28.4 Å². The Bertz CT molecular complexity index is 963. The predicted molar refractivity (Wildman–Crippen MR) is 82.2 cm³/mol. The predicted octanol–water partition coefficient (Wildman–Crippen LogP) is -1.21. The van der Waals surface area contributed by atoms with Gasteiger partial charge in [-0.15, -0.1) is 10.2 Å². The molecule has 2 aromatic rings. The van der Waals surface area contributed by atoms with Crippen LogP contribution in [0.1, 0.15) is 0 Å².